The Bertz CT molecular complexity index is 1800. The first-order valence-corrected chi connectivity index (χ1v) is 13.1. The van der Waals surface area contributed by atoms with Gasteiger partial charge in [-0.3, -0.25) is 29.5 Å². The Balaban J connectivity index is 1.53. The van der Waals surface area contributed by atoms with E-state index in [0.717, 1.165) is 11.1 Å². The average molecular weight is 543 g/mol. The smallest absolute Gasteiger partial charge is 0.270 e. The average Bonchev–Trinajstić information content (AvgIpc) is 3.49. The monoisotopic (exact) mass is 542 g/mol. The fraction of sp³-hybridized carbons (Fsp3) is 0.125. The predicted molar refractivity (Wildman–Crippen MR) is 150 cm³/mol. The number of Topliss-reactive ketones (excluding diaryl/α,β-unsaturated/α-hetero) is 2. The first-order chi connectivity index (χ1) is 19.9. The maximum absolute atomic E-state index is 14.6. The molecule has 1 fully saturated rings. The largest absolute Gasteiger partial charge is 0.358 e. The molecule has 41 heavy (non-hydrogen) atoms. The van der Waals surface area contributed by atoms with Crippen LogP contribution in [0.4, 0.5) is 11.4 Å². The zero-order chi connectivity index (χ0) is 28.3. The third-order valence-corrected chi connectivity index (χ3v) is 8.41. The molecule has 9 nitrogen and oxygen atoms in total. The summed E-state index contributed by atoms with van der Waals surface area (Å²) in [7, 11) is 0. The number of benzene rings is 3. The number of aromatic nitrogens is 1. The van der Waals surface area contributed by atoms with Crippen molar-refractivity contribution in [3.63, 3.8) is 0 Å². The van der Waals surface area contributed by atoms with Crippen LogP contribution in [0.3, 0.4) is 0 Å². The van der Waals surface area contributed by atoms with Crippen molar-refractivity contribution < 1.29 is 19.3 Å². The number of anilines is 1. The van der Waals surface area contributed by atoms with Gasteiger partial charge >= 0.3 is 0 Å². The van der Waals surface area contributed by atoms with Crippen LogP contribution < -0.4 is 5.32 Å². The molecule has 1 aromatic heterocycles. The van der Waals surface area contributed by atoms with E-state index in [1.807, 2.05) is 48.5 Å². The molecule has 1 spiro atoms. The number of nitro benzene ring substituents is 1. The number of pyridine rings is 1. The number of nitrogens with one attached hydrogen (secondary N) is 1. The maximum Gasteiger partial charge on any atom is 0.270 e. The summed E-state index contributed by atoms with van der Waals surface area (Å²) < 4.78 is 0. The third kappa shape index (κ3) is 3.42. The van der Waals surface area contributed by atoms with Crippen LogP contribution in [0.25, 0.3) is 6.08 Å². The van der Waals surface area contributed by atoms with Crippen LogP contribution in [0.2, 0.25) is 0 Å². The fourth-order valence-corrected chi connectivity index (χ4v) is 6.80. The summed E-state index contributed by atoms with van der Waals surface area (Å²) in [6, 6.07) is 21.8. The quantitative estimate of drug-likeness (QED) is 0.215. The first kappa shape index (κ1) is 24.6. The highest BCUT2D eigenvalue weighted by Crippen LogP contribution is 2.62. The van der Waals surface area contributed by atoms with Gasteiger partial charge in [0, 0.05) is 47.5 Å². The van der Waals surface area contributed by atoms with E-state index in [1.165, 1.54) is 30.5 Å². The van der Waals surface area contributed by atoms with Gasteiger partial charge < -0.3 is 10.2 Å². The number of hydrogen-bond donors (Lipinski definition) is 1. The molecular weight excluding hydrogens is 520 g/mol. The summed E-state index contributed by atoms with van der Waals surface area (Å²) in [6.45, 7) is 0. The Morgan fingerprint density at radius 2 is 1.71 bits per heavy atom. The van der Waals surface area contributed by atoms with Crippen LogP contribution in [-0.4, -0.2) is 38.3 Å². The molecule has 200 valence electrons. The highest BCUT2D eigenvalue weighted by atomic mass is 16.6. The Hall–Kier alpha value is -5.44. The number of ketones is 2. The zero-order valence-electron chi connectivity index (χ0n) is 21.5. The molecule has 4 aromatic rings. The summed E-state index contributed by atoms with van der Waals surface area (Å²) in [6.07, 6.45) is 6.61. The molecule has 0 radical (unpaired) electrons. The van der Waals surface area contributed by atoms with Gasteiger partial charge in [0.2, 0.25) is 5.91 Å². The number of rotatable bonds is 5. The molecule has 7 rings (SSSR count). The van der Waals surface area contributed by atoms with Gasteiger partial charge in [-0.15, -0.1) is 0 Å². The van der Waals surface area contributed by atoms with Crippen molar-refractivity contribution in [1.82, 2.24) is 9.88 Å². The summed E-state index contributed by atoms with van der Waals surface area (Å²) >= 11 is 0. The normalized spacial score (nSPS) is 23.5. The molecule has 1 N–H and O–H groups in total. The SMILES string of the molecule is O=C(c1cccc([N+](=O)[O-])c1)[C@@H]1[C@@H](C(=O)c2cccnc2)[C@@]2(C(=O)Nc3ccccc32)[C@H]2c3ccccc3C=CN12. The minimum atomic E-state index is -1.48. The van der Waals surface area contributed by atoms with Gasteiger partial charge in [0.15, 0.2) is 11.6 Å². The Kier molecular flexibility index (Phi) is 5.43. The number of para-hydroxylation sites is 1. The van der Waals surface area contributed by atoms with Crippen molar-refractivity contribution in [2.45, 2.75) is 17.5 Å². The van der Waals surface area contributed by atoms with E-state index in [4.69, 9.17) is 0 Å². The lowest BCUT2D eigenvalue weighted by molar-refractivity contribution is -0.384. The van der Waals surface area contributed by atoms with Gasteiger partial charge in [0.1, 0.15) is 11.5 Å². The molecule has 3 aliphatic rings. The van der Waals surface area contributed by atoms with Crippen LogP contribution in [-0.2, 0) is 10.2 Å². The fourth-order valence-electron chi connectivity index (χ4n) is 6.80. The van der Waals surface area contributed by atoms with E-state index in [1.54, 1.807) is 35.5 Å². The van der Waals surface area contributed by atoms with E-state index < -0.39 is 39.9 Å². The second-order valence-corrected chi connectivity index (χ2v) is 10.4. The van der Waals surface area contributed by atoms with Crippen molar-refractivity contribution in [2.75, 3.05) is 5.32 Å². The highest BCUT2D eigenvalue weighted by Gasteiger charge is 2.70. The molecule has 9 heteroatoms. The molecule has 3 aliphatic heterocycles. The molecule has 3 aromatic carbocycles. The summed E-state index contributed by atoms with van der Waals surface area (Å²) in [4.78, 5) is 60.4. The second kappa shape index (κ2) is 9.06. The van der Waals surface area contributed by atoms with Crippen molar-refractivity contribution in [3.8, 4) is 0 Å². The lowest BCUT2D eigenvalue weighted by Crippen LogP contribution is -2.49. The Morgan fingerprint density at radius 3 is 2.51 bits per heavy atom. The predicted octanol–water partition coefficient (Wildman–Crippen LogP) is 4.97. The van der Waals surface area contributed by atoms with Gasteiger partial charge in [-0.25, -0.2) is 0 Å². The molecule has 0 aliphatic carbocycles. The van der Waals surface area contributed by atoms with E-state index in [2.05, 4.69) is 10.3 Å². The standard InChI is InChI=1S/C32H22N4O5/c37-28(21-9-6-15-33-18-21)26-27(29(38)20-8-5-10-22(17-20)36(40)41)35-16-14-19-7-1-2-11-23(19)30(35)32(26)24-12-3-4-13-25(24)34-31(32)39/h1-18,26-27,30H,(H,34,39)/t26-,27-,30+,32+/m0/s1. The van der Waals surface area contributed by atoms with E-state index in [0.29, 0.717) is 11.3 Å². The summed E-state index contributed by atoms with van der Waals surface area (Å²) in [5.74, 6) is -2.45. The molecule has 4 heterocycles. The molecular formula is C32H22N4O5. The molecule has 1 saturated heterocycles. The van der Waals surface area contributed by atoms with Crippen LogP contribution in [0.1, 0.15) is 43.4 Å². The highest BCUT2D eigenvalue weighted by molar-refractivity contribution is 6.16. The van der Waals surface area contributed by atoms with E-state index in [-0.39, 0.29) is 22.7 Å². The number of nitro groups is 1. The van der Waals surface area contributed by atoms with Crippen molar-refractivity contribution in [2.24, 2.45) is 5.92 Å². The second-order valence-electron chi connectivity index (χ2n) is 10.4. The third-order valence-electron chi connectivity index (χ3n) is 8.41. The van der Waals surface area contributed by atoms with Crippen molar-refractivity contribution in [1.29, 1.82) is 0 Å². The van der Waals surface area contributed by atoms with Gasteiger partial charge in [0.25, 0.3) is 5.69 Å². The molecule has 0 unspecified atom stereocenters. The zero-order valence-corrected chi connectivity index (χ0v) is 21.5. The minimum Gasteiger partial charge on any atom is -0.358 e. The number of fused-ring (bicyclic) bond motifs is 6. The van der Waals surface area contributed by atoms with Crippen molar-refractivity contribution in [3.05, 3.63) is 141 Å². The molecule has 0 saturated carbocycles. The van der Waals surface area contributed by atoms with Gasteiger partial charge in [-0.2, -0.15) is 0 Å². The van der Waals surface area contributed by atoms with E-state index in [9.17, 15) is 24.5 Å². The number of nitrogens with zero attached hydrogens (tertiary/aromatic N) is 3. The summed E-state index contributed by atoms with van der Waals surface area (Å²) in [5, 5.41) is 14.6. The topological polar surface area (TPSA) is 123 Å². The number of amides is 1. The molecule has 1 amide bonds. The Labute approximate surface area is 234 Å². The molecule has 4 atom stereocenters. The van der Waals surface area contributed by atoms with Crippen molar-refractivity contribution >= 4 is 34.9 Å². The number of non-ortho nitro benzene ring substituents is 1. The Morgan fingerprint density at radius 1 is 0.927 bits per heavy atom. The van der Waals surface area contributed by atoms with Crippen LogP contribution in [0.15, 0.2) is 104 Å². The minimum absolute atomic E-state index is 0.0861. The van der Waals surface area contributed by atoms with Gasteiger partial charge in [-0.1, -0.05) is 54.6 Å². The first-order valence-electron chi connectivity index (χ1n) is 13.1. The van der Waals surface area contributed by atoms with Crippen LogP contribution in [0, 0.1) is 16.0 Å². The number of carbonyl (C=O) groups excluding carboxylic acids is 3. The number of hydrogen-bond acceptors (Lipinski definition) is 7. The van der Waals surface area contributed by atoms with E-state index >= 15 is 0 Å². The lowest BCUT2D eigenvalue weighted by Gasteiger charge is -2.38. The van der Waals surface area contributed by atoms with Gasteiger partial charge in [-0.05, 0) is 41.0 Å². The summed E-state index contributed by atoms with van der Waals surface area (Å²) in [5.41, 5.74) is 1.52. The van der Waals surface area contributed by atoms with Gasteiger partial charge in [0.05, 0.1) is 16.9 Å². The maximum atomic E-state index is 14.6. The number of carbonyl (C=O) groups is 3. The van der Waals surface area contributed by atoms with Crippen LogP contribution in [0.5, 0.6) is 0 Å². The molecule has 0 bridgehead atoms. The van der Waals surface area contributed by atoms with Crippen LogP contribution >= 0.6 is 0 Å². The lowest BCUT2D eigenvalue weighted by atomic mass is 9.62.